The standard InChI is InChI=1S/C17H21N3S/c18-17(21)20-16-11-6-10-15(13-16)19-12-5-4-9-14-7-2-1-3-8-14/h1-3,6-8,10-11,13,19H,4-5,9,12H2,(H3,18,20,21). The number of aryl methyl sites for hydroxylation is 1. The van der Waals surface area contributed by atoms with Gasteiger partial charge in [-0.15, -0.1) is 0 Å². The van der Waals surface area contributed by atoms with Gasteiger partial charge in [-0.2, -0.15) is 0 Å². The Labute approximate surface area is 131 Å². The third kappa shape index (κ3) is 5.83. The number of rotatable bonds is 7. The third-order valence-corrected chi connectivity index (χ3v) is 3.30. The topological polar surface area (TPSA) is 50.1 Å². The molecule has 0 fully saturated rings. The SMILES string of the molecule is NC(=S)Nc1cccc(NCCCCc2ccccc2)c1. The summed E-state index contributed by atoms with van der Waals surface area (Å²) in [6, 6.07) is 18.6. The van der Waals surface area contributed by atoms with E-state index < -0.39 is 0 Å². The lowest BCUT2D eigenvalue weighted by atomic mass is 10.1. The predicted molar refractivity (Wildman–Crippen MR) is 94.7 cm³/mol. The van der Waals surface area contributed by atoms with Gasteiger partial charge in [0.1, 0.15) is 0 Å². The fraction of sp³-hybridized carbons (Fsp3) is 0.235. The van der Waals surface area contributed by atoms with E-state index in [0.717, 1.165) is 30.8 Å². The summed E-state index contributed by atoms with van der Waals surface area (Å²) in [4.78, 5) is 0. The Hall–Kier alpha value is -2.07. The molecule has 0 spiro atoms. The number of hydrogen-bond acceptors (Lipinski definition) is 2. The maximum atomic E-state index is 5.47. The van der Waals surface area contributed by atoms with E-state index in [-0.39, 0.29) is 5.11 Å². The van der Waals surface area contributed by atoms with Crippen LogP contribution in [0.25, 0.3) is 0 Å². The Morgan fingerprint density at radius 3 is 2.48 bits per heavy atom. The van der Waals surface area contributed by atoms with Gasteiger partial charge in [0.15, 0.2) is 5.11 Å². The van der Waals surface area contributed by atoms with Gasteiger partial charge in [-0.1, -0.05) is 36.4 Å². The predicted octanol–water partition coefficient (Wildman–Crippen LogP) is 3.78. The van der Waals surface area contributed by atoms with Crippen molar-refractivity contribution in [3.63, 3.8) is 0 Å². The zero-order valence-electron chi connectivity index (χ0n) is 12.0. The van der Waals surface area contributed by atoms with Crippen molar-refractivity contribution in [1.82, 2.24) is 0 Å². The summed E-state index contributed by atoms with van der Waals surface area (Å²) in [5.41, 5.74) is 8.87. The van der Waals surface area contributed by atoms with Crippen LogP contribution in [0, 0.1) is 0 Å². The second-order valence-corrected chi connectivity index (χ2v) is 5.38. The molecule has 0 aromatic heterocycles. The first-order valence-corrected chi connectivity index (χ1v) is 7.59. The van der Waals surface area contributed by atoms with Crippen molar-refractivity contribution < 1.29 is 0 Å². The zero-order chi connectivity index (χ0) is 14.9. The normalized spacial score (nSPS) is 10.1. The Balaban J connectivity index is 1.70. The molecule has 0 unspecified atom stereocenters. The maximum Gasteiger partial charge on any atom is 0.168 e. The van der Waals surface area contributed by atoms with Crippen LogP contribution in [-0.2, 0) is 6.42 Å². The summed E-state index contributed by atoms with van der Waals surface area (Å²) < 4.78 is 0. The van der Waals surface area contributed by atoms with Crippen LogP contribution in [-0.4, -0.2) is 11.7 Å². The lowest BCUT2D eigenvalue weighted by Gasteiger charge is -2.09. The van der Waals surface area contributed by atoms with Gasteiger partial charge in [-0.05, 0) is 55.2 Å². The van der Waals surface area contributed by atoms with Crippen molar-refractivity contribution in [3.8, 4) is 0 Å². The van der Waals surface area contributed by atoms with Gasteiger partial charge >= 0.3 is 0 Å². The van der Waals surface area contributed by atoms with Crippen molar-refractivity contribution in [2.24, 2.45) is 5.73 Å². The van der Waals surface area contributed by atoms with Crippen LogP contribution in [0.5, 0.6) is 0 Å². The molecular formula is C17H21N3S. The summed E-state index contributed by atoms with van der Waals surface area (Å²) in [6.07, 6.45) is 3.45. The van der Waals surface area contributed by atoms with Crippen molar-refractivity contribution >= 4 is 28.7 Å². The largest absolute Gasteiger partial charge is 0.385 e. The fourth-order valence-electron chi connectivity index (χ4n) is 2.18. The Morgan fingerprint density at radius 2 is 1.71 bits per heavy atom. The van der Waals surface area contributed by atoms with E-state index in [1.807, 2.05) is 24.3 Å². The lowest BCUT2D eigenvalue weighted by Crippen LogP contribution is -2.18. The van der Waals surface area contributed by atoms with Gasteiger partial charge in [-0.25, -0.2) is 0 Å². The number of nitrogens with two attached hydrogens (primary N) is 1. The molecule has 0 amide bonds. The zero-order valence-corrected chi connectivity index (χ0v) is 12.8. The highest BCUT2D eigenvalue weighted by Gasteiger charge is 1.97. The number of thiocarbonyl (C=S) groups is 1. The molecule has 2 aromatic carbocycles. The average molecular weight is 299 g/mol. The number of hydrogen-bond donors (Lipinski definition) is 3. The Bertz CT molecular complexity index is 569. The summed E-state index contributed by atoms with van der Waals surface area (Å²) in [5, 5.41) is 6.64. The summed E-state index contributed by atoms with van der Waals surface area (Å²) >= 11 is 4.84. The van der Waals surface area contributed by atoms with Gasteiger partial charge in [0.2, 0.25) is 0 Å². The number of benzene rings is 2. The summed E-state index contributed by atoms with van der Waals surface area (Å²) in [5.74, 6) is 0. The van der Waals surface area contributed by atoms with E-state index in [1.54, 1.807) is 0 Å². The van der Waals surface area contributed by atoms with Crippen LogP contribution in [0.1, 0.15) is 18.4 Å². The smallest absolute Gasteiger partial charge is 0.168 e. The molecule has 2 aromatic rings. The highest BCUT2D eigenvalue weighted by Crippen LogP contribution is 2.15. The summed E-state index contributed by atoms with van der Waals surface area (Å²) in [7, 11) is 0. The monoisotopic (exact) mass is 299 g/mol. The molecule has 4 N–H and O–H groups in total. The first-order valence-electron chi connectivity index (χ1n) is 7.18. The first-order chi connectivity index (χ1) is 10.2. The molecule has 0 saturated heterocycles. The molecule has 0 atom stereocenters. The van der Waals surface area contributed by atoms with Crippen LogP contribution < -0.4 is 16.4 Å². The van der Waals surface area contributed by atoms with Crippen molar-refractivity contribution in [2.45, 2.75) is 19.3 Å². The molecule has 0 aliphatic heterocycles. The molecule has 21 heavy (non-hydrogen) atoms. The van der Waals surface area contributed by atoms with Gasteiger partial charge < -0.3 is 16.4 Å². The quantitative estimate of drug-likeness (QED) is 0.538. The molecule has 110 valence electrons. The maximum absolute atomic E-state index is 5.47. The molecule has 0 aliphatic rings. The second kappa shape index (κ2) is 8.27. The number of anilines is 2. The van der Waals surface area contributed by atoms with Crippen LogP contribution >= 0.6 is 12.2 Å². The second-order valence-electron chi connectivity index (χ2n) is 4.94. The average Bonchev–Trinajstić information content (AvgIpc) is 2.48. The van der Waals surface area contributed by atoms with Crippen molar-refractivity contribution in [3.05, 3.63) is 60.2 Å². The highest BCUT2D eigenvalue weighted by atomic mass is 32.1. The molecule has 0 saturated carbocycles. The minimum Gasteiger partial charge on any atom is -0.385 e. The third-order valence-electron chi connectivity index (χ3n) is 3.19. The molecule has 0 aliphatic carbocycles. The Kier molecular flexibility index (Phi) is 6.03. The van der Waals surface area contributed by atoms with Crippen LogP contribution in [0.4, 0.5) is 11.4 Å². The van der Waals surface area contributed by atoms with Crippen molar-refractivity contribution in [2.75, 3.05) is 17.2 Å². The van der Waals surface area contributed by atoms with Crippen LogP contribution in [0.2, 0.25) is 0 Å². The molecule has 0 heterocycles. The molecule has 2 rings (SSSR count). The lowest BCUT2D eigenvalue weighted by molar-refractivity contribution is 0.763. The molecule has 0 radical (unpaired) electrons. The first kappa shape index (κ1) is 15.3. The van der Waals surface area contributed by atoms with Crippen LogP contribution in [0.15, 0.2) is 54.6 Å². The fourth-order valence-corrected chi connectivity index (χ4v) is 2.30. The van der Waals surface area contributed by atoms with Crippen molar-refractivity contribution in [1.29, 1.82) is 0 Å². The van der Waals surface area contributed by atoms with Crippen LogP contribution in [0.3, 0.4) is 0 Å². The van der Waals surface area contributed by atoms with E-state index in [4.69, 9.17) is 18.0 Å². The summed E-state index contributed by atoms with van der Waals surface area (Å²) in [6.45, 7) is 0.962. The molecule has 3 nitrogen and oxygen atoms in total. The van der Waals surface area contributed by atoms with E-state index >= 15 is 0 Å². The van der Waals surface area contributed by atoms with Gasteiger partial charge in [0.25, 0.3) is 0 Å². The molecule has 0 bridgehead atoms. The Morgan fingerprint density at radius 1 is 0.952 bits per heavy atom. The number of nitrogens with one attached hydrogen (secondary N) is 2. The van der Waals surface area contributed by atoms with Gasteiger partial charge in [0, 0.05) is 17.9 Å². The highest BCUT2D eigenvalue weighted by molar-refractivity contribution is 7.80. The number of unbranched alkanes of at least 4 members (excludes halogenated alkanes) is 1. The van der Waals surface area contributed by atoms with E-state index in [9.17, 15) is 0 Å². The molecular weight excluding hydrogens is 278 g/mol. The van der Waals surface area contributed by atoms with E-state index in [2.05, 4.69) is 41.0 Å². The minimum atomic E-state index is 0.287. The minimum absolute atomic E-state index is 0.287. The van der Waals surface area contributed by atoms with E-state index in [1.165, 1.54) is 12.0 Å². The van der Waals surface area contributed by atoms with E-state index in [0.29, 0.717) is 0 Å². The van der Waals surface area contributed by atoms with Gasteiger partial charge in [-0.3, -0.25) is 0 Å². The molecule has 4 heteroatoms. The van der Waals surface area contributed by atoms with Gasteiger partial charge in [0.05, 0.1) is 0 Å².